The fraction of sp³-hybridized carbons (Fsp3) is 0.333. The number of nitrogens with zero attached hydrogens (tertiary/aromatic N) is 2. The molecule has 0 atom stereocenters. The summed E-state index contributed by atoms with van der Waals surface area (Å²) in [5.41, 5.74) is -0.245. The number of rotatable bonds is 1. The van der Waals surface area contributed by atoms with E-state index in [1.807, 2.05) is 0 Å². The van der Waals surface area contributed by atoms with Crippen LogP contribution in [-0.2, 0) is 3.93 Å². The molecule has 0 saturated carbocycles. The van der Waals surface area contributed by atoms with Gasteiger partial charge in [0.25, 0.3) is 0 Å². The van der Waals surface area contributed by atoms with Crippen molar-refractivity contribution in [3.8, 4) is 0 Å². The topological polar surface area (TPSA) is 25.8 Å². The Morgan fingerprint density at radius 3 is 2.55 bits per heavy atom. The van der Waals surface area contributed by atoms with E-state index in [-0.39, 0.29) is 5.69 Å². The molecule has 1 rings (SSSR count). The molecule has 0 aliphatic heterocycles. The van der Waals surface area contributed by atoms with Crippen molar-refractivity contribution in [3.63, 3.8) is 0 Å². The second-order valence-corrected chi connectivity index (χ2v) is 3.34. The second-order valence-electron chi connectivity index (χ2n) is 1.99. The van der Waals surface area contributed by atoms with E-state index in [1.54, 1.807) is 6.92 Å². The van der Waals surface area contributed by atoms with Gasteiger partial charge in [0.2, 0.25) is 0 Å². The molecule has 0 amide bonds. The molecule has 0 spiro atoms. The summed E-state index contributed by atoms with van der Waals surface area (Å²) in [4.78, 5) is 7.28. The smallest absolute Gasteiger partial charge is 0.242 e. The molecular formula is C6H5F2IN2. The maximum Gasteiger partial charge on any atom is 0.338 e. The molecule has 2 nitrogen and oxygen atoms in total. The van der Waals surface area contributed by atoms with Crippen molar-refractivity contribution in [1.82, 2.24) is 9.97 Å². The minimum Gasteiger partial charge on any atom is -0.242 e. The normalized spacial score (nSPS) is 11.6. The predicted molar refractivity (Wildman–Crippen MR) is 44.7 cm³/mol. The average molecular weight is 270 g/mol. The van der Waals surface area contributed by atoms with Crippen LogP contribution in [-0.4, -0.2) is 9.97 Å². The number of hydrogen-bond acceptors (Lipinski definition) is 2. The molecule has 0 fully saturated rings. The molecule has 0 aliphatic rings. The Labute approximate surface area is 76.2 Å². The first kappa shape index (κ1) is 8.76. The first-order valence-corrected chi connectivity index (χ1v) is 3.95. The predicted octanol–water partition coefficient (Wildman–Crippen LogP) is 2.27. The molecule has 11 heavy (non-hydrogen) atoms. The number of halogens is 3. The molecule has 0 aliphatic carbocycles. The fourth-order valence-electron chi connectivity index (χ4n) is 0.614. The Morgan fingerprint density at radius 1 is 1.55 bits per heavy atom. The van der Waals surface area contributed by atoms with Gasteiger partial charge in [0.05, 0.1) is 0 Å². The van der Waals surface area contributed by atoms with Gasteiger partial charge in [-0.05, 0) is 13.0 Å². The molecule has 0 bridgehead atoms. The van der Waals surface area contributed by atoms with Crippen LogP contribution in [0, 0.1) is 6.92 Å². The molecule has 0 saturated heterocycles. The van der Waals surface area contributed by atoms with Gasteiger partial charge in [-0.2, -0.15) is 8.78 Å². The van der Waals surface area contributed by atoms with Crippen LogP contribution in [0.15, 0.2) is 12.3 Å². The van der Waals surface area contributed by atoms with Crippen LogP contribution in [0.3, 0.4) is 0 Å². The summed E-state index contributed by atoms with van der Waals surface area (Å²) in [5, 5.41) is 0. The summed E-state index contributed by atoms with van der Waals surface area (Å²) in [6.07, 6.45) is 1.32. The highest BCUT2D eigenvalue weighted by Crippen LogP contribution is 2.33. The van der Waals surface area contributed by atoms with Crippen LogP contribution in [0.25, 0.3) is 0 Å². The Kier molecular flexibility index (Phi) is 2.36. The Morgan fingerprint density at radius 2 is 2.18 bits per heavy atom. The van der Waals surface area contributed by atoms with Crippen molar-refractivity contribution in [2.24, 2.45) is 0 Å². The second kappa shape index (κ2) is 2.96. The maximum absolute atomic E-state index is 12.5. The average Bonchev–Trinajstić information content (AvgIpc) is 1.86. The molecule has 0 unspecified atom stereocenters. The van der Waals surface area contributed by atoms with E-state index < -0.39 is 3.93 Å². The standard InChI is InChI=1S/C6H5F2IN2/c1-4-10-3-2-5(11-4)6(7,8)9/h2-3H,1H3. The fourth-order valence-corrected chi connectivity index (χ4v) is 0.914. The van der Waals surface area contributed by atoms with Crippen LogP contribution in [0.2, 0.25) is 0 Å². The van der Waals surface area contributed by atoms with E-state index in [0.29, 0.717) is 5.82 Å². The van der Waals surface area contributed by atoms with Crippen molar-refractivity contribution >= 4 is 22.6 Å². The molecule has 1 heterocycles. The molecule has 1 aromatic rings. The lowest BCUT2D eigenvalue weighted by Crippen LogP contribution is -2.06. The lowest BCUT2D eigenvalue weighted by atomic mass is 10.4. The molecule has 1 aromatic heterocycles. The maximum atomic E-state index is 12.5. The van der Waals surface area contributed by atoms with Gasteiger partial charge < -0.3 is 0 Å². The third-order valence-corrected chi connectivity index (χ3v) is 1.62. The van der Waals surface area contributed by atoms with Gasteiger partial charge in [0, 0.05) is 28.8 Å². The third kappa shape index (κ3) is 2.32. The molecule has 0 N–H and O–H groups in total. The Bertz CT molecular complexity index is 259. The van der Waals surface area contributed by atoms with Crippen LogP contribution in [0.1, 0.15) is 11.5 Å². The van der Waals surface area contributed by atoms with Gasteiger partial charge in [-0.3, -0.25) is 0 Å². The van der Waals surface area contributed by atoms with Crippen molar-refractivity contribution in [1.29, 1.82) is 0 Å². The molecule has 0 aromatic carbocycles. The first-order valence-electron chi connectivity index (χ1n) is 2.87. The summed E-state index contributed by atoms with van der Waals surface area (Å²) in [5.74, 6) is 0.360. The number of hydrogen-bond donors (Lipinski definition) is 0. The van der Waals surface area contributed by atoms with Crippen molar-refractivity contribution in [2.45, 2.75) is 10.9 Å². The van der Waals surface area contributed by atoms with Crippen LogP contribution in [0.5, 0.6) is 0 Å². The van der Waals surface area contributed by atoms with Crippen LogP contribution < -0.4 is 0 Å². The summed E-state index contributed by atoms with van der Waals surface area (Å²) in [7, 11) is 0. The van der Waals surface area contributed by atoms with E-state index in [4.69, 9.17) is 0 Å². The van der Waals surface area contributed by atoms with Gasteiger partial charge in [-0.15, -0.1) is 0 Å². The molecule has 5 heteroatoms. The highest BCUT2D eigenvalue weighted by atomic mass is 127. The summed E-state index contributed by atoms with van der Waals surface area (Å²) in [6, 6.07) is 1.21. The summed E-state index contributed by atoms with van der Waals surface area (Å²) in [6.45, 7) is 1.58. The van der Waals surface area contributed by atoms with Gasteiger partial charge >= 0.3 is 3.93 Å². The van der Waals surface area contributed by atoms with E-state index in [2.05, 4.69) is 9.97 Å². The SMILES string of the molecule is Cc1nccc(C(F)(F)I)n1. The van der Waals surface area contributed by atoms with Gasteiger partial charge in [0.1, 0.15) is 11.5 Å². The van der Waals surface area contributed by atoms with Gasteiger partial charge in [0.15, 0.2) is 0 Å². The number of aromatic nitrogens is 2. The van der Waals surface area contributed by atoms with E-state index >= 15 is 0 Å². The monoisotopic (exact) mass is 270 g/mol. The minimum absolute atomic E-state index is 0.245. The quantitative estimate of drug-likeness (QED) is 0.578. The zero-order valence-corrected chi connectivity index (χ0v) is 7.84. The van der Waals surface area contributed by atoms with Crippen molar-refractivity contribution in [3.05, 3.63) is 23.8 Å². The van der Waals surface area contributed by atoms with Crippen LogP contribution in [0.4, 0.5) is 8.78 Å². The van der Waals surface area contributed by atoms with E-state index in [1.165, 1.54) is 12.3 Å². The number of aryl methyl sites for hydroxylation is 1. The molecule has 0 radical (unpaired) electrons. The highest BCUT2D eigenvalue weighted by molar-refractivity contribution is 14.1. The van der Waals surface area contributed by atoms with Crippen molar-refractivity contribution < 1.29 is 8.78 Å². The summed E-state index contributed by atoms with van der Waals surface area (Å²) < 4.78 is 22.2. The Balaban J connectivity index is 3.06. The zero-order valence-electron chi connectivity index (χ0n) is 5.68. The van der Waals surface area contributed by atoms with Crippen molar-refractivity contribution in [2.75, 3.05) is 0 Å². The Hall–Kier alpha value is -0.330. The lowest BCUT2D eigenvalue weighted by Gasteiger charge is -2.06. The van der Waals surface area contributed by atoms with E-state index in [0.717, 1.165) is 22.6 Å². The summed E-state index contributed by atoms with van der Waals surface area (Å²) >= 11 is 1.04. The molecule has 60 valence electrons. The van der Waals surface area contributed by atoms with Gasteiger partial charge in [-0.1, -0.05) is 0 Å². The zero-order chi connectivity index (χ0) is 8.48. The lowest BCUT2D eigenvalue weighted by molar-refractivity contribution is 0.122. The number of alkyl halides is 3. The third-order valence-electron chi connectivity index (χ3n) is 1.07. The molecular weight excluding hydrogens is 265 g/mol. The first-order chi connectivity index (χ1) is 5.00. The van der Waals surface area contributed by atoms with E-state index in [9.17, 15) is 8.78 Å². The van der Waals surface area contributed by atoms with Gasteiger partial charge in [-0.25, -0.2) is 9.97 Å². The minimum atomic E-state index is -2.90. The largest absolute Gasteiger partial charge is 0.338 e. The highest BCUT2D eigenvalue weighted by Gasteiger charge is 2.28. The van der Waals surface area contributed by atoms with Crippen LogP contribution >= 0.6 is 22.6 Å².